The molecule has 1 aromatic carbocycles. The van der Waals surface area contributed by atoms with Crippen LogP contribution in [0.1, 0.15) is 55.2 Å². The van der Waals surface area contributed by atoms with Gasteiger partial charge in [-0.25, -0.2) is 0 Å². The molecule has 2 nitrogen and oxygen atoms in total. The second-order valence-corrected chi connectivity index (χ2v) is 5.41. The van der Waals surface area contributed by atoms with Crippen molar-refractivity contribution >= 4 is 0 Å². The fourth-order valence-corrected chi connectivity index (χ4v) is 2.78. The second-order valence-electron chi connectivity index (χ2n) is 5.41. The Kier molecular flexibility index (Phi) is 3.72. The maximum absolute atomic E-state index is 10.4. The van der Waals surface area contributed by atoms with Gasteiger partial charge in [-0.1, -0.05) is 26.0 Å². The van der Waals surface area contributed by atoms with Gasteiger partial charge in [-0.15, -0.1) is 0 Å². The number of aromatic hydroxyl groups is 1. The van der Waals surface area contributed by atoms with Crippen LogP contribution in [0.2, 0.25) is 0 Å². The van der Waals surface area contributed by atoms with Crippen molar-refractivity contribution in [3.05, 3.63) is 28.8 Å². The summed E-state index contributed by atoms with van der Waals surface area (Å²) < 4.78 is 0. The Labute approximate surface area is 104 Å². The molecule has 0 amide bonds. The number of benzene rings is 1. The molecule has 1 aromatic rings. The molecule has 2 heteroatoms. The van der Waals surface area contributed by atoms with E-state index in [-0.39, 0.29) is 0 Å². The molecule has 1 heterocycles. The number of hydrogen-bond donors (Lipinski definition) is 2. The van der Waals surface area contributed by atoms with E-state index in [0.29, 0.717) is 17.6 Å². The largest absolute Gasteiger partial charge is 0.507 e. The highest BCUT2D eigenvalue weighted by molar-refractivity contribution is 5.48. The Morgan fingerprint density at radius 2 is 1.88 bits per heavy atom. The summed E-state index contributed by atoms with van der Waals surface area (Å²) in [6.07, 6.45) is 2.27. The molecule has 17 heavy (non-hydrogen) atoms. The Bertz CT molecular complexity index is 392. The van der Waals surface area contributed by atoms with Gasteiger partial charge in [-0.2, -0.15) is 0 Å². The van der Waals surface area contributed by atoms with Crippen molar-refractivity contribution in [1.29, 1.82) is 0 Å². The van der Waals surface area contributed by atoms with E-state index in [2.05, 4.69) is 25.2 Å². The summed E-state index contributed by atoms with van der Waals surface area (Å²) in [4.78, 5) is 0. The molecule has 94 valence electrons. The van der Waals surface area contributed by atoms with Crippen molar-refractivity contribution in [2.75, 3.05) is 13.1 Å². The van der Waals surface area contributed by atoms with E-state index in [1.165, 1.54) is 11.1 Å². The van der Waals surface area contributed by atoms with Gasteiger partial charge in [0.05, 0.1) is 0 Å². The average molecular weight is 233 g/mol. The van der Waals surface area contributed by atoms with E-state index in [9.17, 15) is 5.11 Å². The Morgan fingerprint density at radius 3 is 2.47 bits per heavy atom. The van der Waals surface area contributed by atoms with Crippen LogP contribution in [0.3, 0.4) is 0 Å². The van der Waals surface area contributed by atoms with Crippen molar-refractivity contribution in [1.82, 2.24) is 5.32 Å². The summed E-state index contributed by atoms with van der Waals surface area (Å²) in [7, 11) is 0. The van der Waals surface area contributed by atoms with Crippen LogP contribution in [-0.4, -0.2) is 18.2 Å². The third-order valence-electron chi connectivity index (χ3n) is 3.82. The molecule has 0 bridgehead atoms. The molecule has 0 aromatic heterocycles. The van der Waals surface area contributed by atoms with E-state index in [0.717, 1.165) is 31.5 Å². The van der Waals surface area contributed by atoms with Gasteiger partial charge in [0.2, 0.25) is 0 Å². The van der Waals surface area contributed by atoms with Crippen LogP contribution < -0.4 is 5.32 Å². The van der Waals surface area contributed by atoms with Crippen LogP contribution in [0.4, 0.5) is 0 Å². The summed E-state index contributed by atoms with van der Waals surface area (Å²) in [5, 5.41) is 13.7. The molecule has 0 atom stereocenters. The Balaban J connectivity index is 2.44. The quantitative estimate of drug-likeness (QED) is 0.821. The maximum atomic E-state index is 10.4. The van der Waals surface area contributed by atoms with E-state index >= 15 is 0 Å². The Hall–Kier alpha value is -1.02. The lowest BCUT2D eigenvalue weighted by Crippen LogP contribution is -2.27. The highest BCUT2D eigenvalue weighted by atomic mass is 16.3. The number of rotatable bonds is 2. The van der Waals surface area contributed by atoms with Crippen LogP contribution in [0.25, 0.3) is 0 Å². The van der Waals surface area contributed by atoms with Gasteiger partial charge < -0.3 is 10.4 Å². The zero-order chi connectivity index (χ0) is 12.4. The molecule has 1 aliphatic rings. The van der Waals surface area contributed by atoms with Crippen molar-refractivity contribution in [2.45, 2.75) is 45.4 Å². The van der Waals surface area contributed by atoms with Gasteiger partial charge in [-0.05, 0) is 55.8 Å². The maximum Gasteiger partial charge on any atom is 0.122 e. The number of nitrogens with one attached hydrogen (secondary N) is 1. The monoisotopic (exact) mass is 233 g/mol. The molecular weight excluding hydrogens is 210 g/mol. The number of hydrogen-bond acceptors (Lipinski definition) is 2. The minimum Gasteiger partial charge on any atom is -0.507 e. The zero-order valence-electron chi connectivity index (χ0n) is 11.1. The topological polar surface area (TPSA) is 32.3 Å². The lowest BCUT2D eigenvalue weighted by atomic mass is 9.82. The third-order valence-corrected chi connectivity index (χ3v) is 3.82. The molecule has 0 aliphatic carbocycles. The van der Waals surface area contributed by atoms with Crippen LogP contribution in [0, 0.1) is 6.92 Å². The van der Waals surface area contributed by atoms with Crippen molar-refractivity contribution < 1.29 is 5.11 Å². The third kappa shape index (κ3) is 2.47. The lowest BCUT2D eigenvalue weighted by molar-refractivity contribution is 0.418. The van der Waals surface area contributed by atoms with Crippen molar-refractivity contribution in [3.63, 3.8) is 0 Å². The molecule has 0 radical (unpaired) electrons. The van der Waals surface area contributed by atoms with Crippen LogP contribution in [-0.2, 0) is 0 Å². The number of phenols is 1. The standard InChI is InChI=1S/C15H23NO/c1-10(2)13-5-4-11(3)15(17)14(13)12-6-8-16-9-7-12/h4-5,10,12,16-17H,6-9H2,1-3H3. The summed E-state index contributed by atoms with van der Waals surface area (Å²) in [5.74, 6) is 1.53. The van der Waals surface area contributed by atoms with Gasteiger partial charge in [0.1, 0.15) is 5.75 Å². The fourth-order valence-electron chi connectivity index (χ4n) is 2.78. The second kappa shape index (κ2) is 5.09. The number of aryl methyl sites for hydroxylation is 1. The first kappa shape index (κ1) is 12.4. The van der Waals surface area contributed by atoms with Gasteiger partial charge in [0, 0.05) is 5.56 Å². The average Bonchev–Trinajstić information content (AvgIpc) is 2.33. The van der Waals surface area contributed by atoms with E-state index in [1.54, 1.807) is 0 Å². The van der Waals surface area contributed by atoms with E-state index in [4.69, 9.17) is 0 Å². The summed E-state index contributed by atoms with van der Waals surface area (Å²) >= 11 is 0. The molecule has 0 unspecified atom stereocenters. The first-order valence-corrected chi connectivity index (χ1v) is 6.64. The van der Waals surface area contributed by atoms with Gasteiger partial charge in [0.25, 0.3) is 0 Å². The summed E-state index contributed by atoms with van der Waals surface area (Å²) in [6, 6.07) is 4.23. The predicted molar refractivity (Wildman–Crippen MR) is 71.8 cm³/mol. The van der Waals surface area contributed by atoms with Gasteiger partial charge in [-0.3, -0.25) is 0 Å². The first-order chi connectivity index (χ1) is 8.11. The Morgan fingerprint density at radius 1 is 1.24 bits per heavy atom. The first-order valence-electron chi connectivity index (χ1n) is 6.64. The minimum absolute atomic E-state index is 0.478. The van der Waals surface area contributed by atoms with Crippen LogP contribution in [0.5, 0.6) is 5.75 Å². The summed E-state index contributed by atoms with van der Waals surface area (Å²) in [5.41, 5.74) is 3.53. The minimum atomic E-state index is 0.478. The zero-order valence-corrected chi connectivity index (χ0v) is 11.1. The lowest BCUT2D eigenvalue weighted by Gasteiger charge is -2.27. The van der Waals surface area contributed by atoms with E-state index in [1.807, 2.05) is 13.0 Å². The molecule has 1 fully saturated rings. The molecule has 2 N–H and O–H groups in total. The van der Waals surface area contributed by atoms with Crippen LogP contribution >= 0.6 is 0 Å². The number of piperidine rings is 1. The number of phenolic OH excluding ortho intramolecular Hbond substituents is 1. The fraction of sp³-hybridized carbons (Fsp3) is 0.600. The summed E-state index contributed by atoms with van der Waals surface area (Å²) in [6.45, 7) is 8.53. The highest BCUT2D eigenvalue weighted by Crippen LogP contribution is 2.39. The molecule has 2 rings (SSSR count). The van der Waals surface area contributed by atoms with E-state index < -0.39 is 0 Å². The van der Waals surface area contributed by atoms with Crippen molar-refractivity contribution in [3.8, 4) is 5.75 Å². The van der Waals surface area contributed by atoms with Crippen LogP contribution in [0.15, 0.2) is 12.1 Å². The van der Waals surface area contributed by atoms with Crippen molar-refractivity contribution in [2.24, 2.45) is 0 Å². The molecule has 1 aliphatic heterocycles. The SMILES string of the molecule is Cc1ccc(C(C)C)c(C2CCNCC2)c1O. The molecule has 0 spiro atoms. The smallest absolute Gasteiger partial charge is 0.122 e. The normalized spacial score (nSPS) is 17.6. The molecular formula is C15H23NO. The molecule has 0 saturated carbocycles. The van der Waals surface area contributed by atoms with Gasteiger partial charge >= 0.3 is 0 Å². The van der Waals surface area contributed by atoms with Gasteiger partial charge in [0.15, 0.2) is 0 Å². The highest BCUT2D eigenvalue weighted by Gasteiger charge is 2.23. The molecule has 1 saturated heterocycles. The predicted octanol–water partition coefficient (Wildman–Crippen LogP) is 3.29.